The summed E-state index contributed by atoms with van der Waals surface area (Å²) in [6.07, 6.45) is 20.0. The van der Waals surface area contributed by atoms with Crippen molar-refractivity contribution in [2.45, 2.75) is 90.1 Å². The molecule has 0 radical (unpaired) electrons. The highest BCUT2D eigenvalue weighted by Gasteiger charge is 2.24. The van der Waals surface area contributed by atoms with Gasteiger partial charge in [0.1, 0.15) is 0 Å². The Hall–Kier alpha value is -0.810. The molecule has 0 saturated heterocycles. The van der Waals surface area contributed by atoms with Gasteiger partial charge in [-0.05, 0) is 69.1 Å². The molecule has 130 valence electrons. The van der Waals surface area contributed by atoms with Gasteiger partial charge in [-0.3, -0.25) is 0 Å². The zero-order valence-electron chi connectivity index (χ0n) is 15.0. The van der Waals surface area contributed by atoms with Gasteiger partial charge in [0, 0.05) is 12.7 Å². The Kier molecular flexibility index (Phi) is 8.76. The minimum Gasteiger partial charge on any atom is -0.378 e. The largest absolute Gasteiger partial charge is 0.378 e. The van der Waals surface area contributed by atoms with E-state index in [-0.39, 0.29) is 0 Å². The molecule has 2 aliphatic rings. The van der Waals surface area contributed by atoms with Gasteiger partial charge < -0.3 is 4.74 Å². The fourth-order valence-corrected chi connectivity index (χ4v) is 4.42. The third-order valence-corrected chi connectivity index (χ3v) is 5.96. The monoisotopic (exact) mass is 317 g/mol. The number of nitrogens with zero attached hydrogens (tertiary/aromatic N) is 1. The van der Waals surface area contributed by atoms with Crippen LogP contribution < -0.4 is 0 Å². The number of rotatable bonds is 8. The third kappa shape index (κ3) is 7.08. The molecular weight excluding hydrogens is 282 g/mol. The predicted molar refractivity (Wildman–Crippen MR) is 96.0 cm³/mol. The molecule has 0 heterocycles. The topological polar surface area (TPSA) is 33.0 Å². The predicted octanol–water partition coefficient (Wildman–Crippen LogP) is 6.03. The van der Waals surface area contributed by atoms with E-state index in [0.29, 0.717) is 6.10 Å². The summed E-state index contributed by atoms with van der Waals surface area (Å²) >= 11 is 0. The van der Waals surface area contributed by atoms with E-state index in [1.165, 1.54) is 70.6 Å². The molecule has 2 fully saturated rings. The average Bonchev–Trinajstić information content (AvgIpc) is 2.59. The Balaban J connectivity index is 1.53. The lowest BCUT2D eigenvalue weighted by atomic mass is 9.80. The Morgan fingerprint density at radius 2 is 1.52 bits per heavy atom. The third-order valence-electron chi connectivity index (χ3n) is 5.96. The second-order valence-corrected chi connectivity index (χ2v) is 7.76. The summed E-state index contributed by atoms with van der Waals surface area (Å²) in [7, 11) is 0. The highest BCUT2D eigenvalue weighted by atomic mass is 16.5. The van der Waals surface area contributed by atoms with E-state index in [9.17, 15) is 0 Å². The summed E-state index contributed by atoms with van der Waals surface area (Å²) < 4.78 is 6.25. The maximum atomic E-state index is 8.49. The molecule has 0 atom stereocenters. The van der Waals surface area contributed by atoms with Gasteiger partial charge in [0.2, 0.25) is 0 Å². The SMILES string of the molecule is CCC[C@H]1CC[C@H](COC2CCC(CCC=CC#N)CC2)CC1. The molecule has 0 aromatic carbocycles. The summed E-state index contributed by atoms with van der Waals surface area (Å²) in [4.78, 5) is 0. The molecule has 2 saturated carbocycles. The van der Waals surface area contributed by atoms with E-state index in [1.807, 2.05) is 6.08 Å². The minimum atomic E-state index is 0.522. The van der Waals surface area contributed by atoms with Crippen LogP contribution in [-0.2, 0) is 4.74 Å². The number of hydrogen-bond donors (Lipinski definition) is 0. The van der Waals surface area contributed by atoms with Crippen molar-refractivity contribution in [3.05, 3.63) is 12.2 Å². The maximum Gasteiger partial charge on any atom is 0.0908 e. The fraction of sp³-hybridized carbons (Fsp3) is 0.857. The first-order chi connectivity index (χ1) is 11.3. The molecule has 2 heteroatoms. The van der Waals surface area contributed by atoms with Gasteiger partial charge >= 0.3 is 0 Å². The van der Waals surface area contributed by atoms with Crippen molar-refractivity contribution in [3.8, 4) is 6.07 Å². The zero-order chi connectivity index (χ0) is 16.3. The normalized spacial score (nSPS) is 32.0. The Labute approximate surface area is 143 Å². The first-order valence-electron chi connectivity index (χ1n) is 9.98. The number of ether oxygens (including phenoxy) is 1. The molecule has 23 heavy (non-hydrogen) atoms. The van der Waals surface area contributed by atoms with Crippen molar-refractivity contribution < 1.29 is 4.74 Å². The van der Waals surface area contributed by atoms with E-state index in [2.05, 4.69) is 13.0 Å². The van der Waals surface area contributed by atoms with E-state index < -0.39 is 0 Å². The second kappa shape index (κ2) is 10.9. The maximum absolute atomic E-state index is 8.49. The van der Waals surface area contributed by atoms with E-state index >= 15 is 0 Å². The second-order valence-electron chi connectivity index (χ2n) is 7.76. The van der Waals surface area contributed by atoms with Crippen LogP contribution in [0.15, 0.2) is 12.2 Å². The van der Waals surface area contributed by atoms with Crippen LogP contribution in [0.25, 0.3) is 0 Å². The fourth-order valence-electron chi connectivity index (χ4n) is 4.42. The van der Waals surface area contributed by atoms with Gasteiger partial charge in [0.15, 0.2) is 0 Å². The van der Waals surface area contributed by atoms with E-state index in [0.717, 1.165) is 30.8 Å². The van der Waals surface area contributed by atoms with Crippen LogP contribution in [0.2, 0.25) is 0 Å². The van der Waals surface area contributed by atoms with Crippen molar-refractivity contribution in [2.75, 3.05) is 6.61 Å². The Morgan fingerprint density at radius 1 is 0.913 bits per heavy atom. The van der Waals surface area contributed by atoms with Crippen molar-refractivity contribution in [1.82, 2.24) is 0 Å². The summed E-state index contributed by atoms with van der Waals surface area (Å²) in [5.41, 5.74) is 0. The highest BCUT2D eigenvalue weighted by Crippen LogP contribution is 2.33. The van der Waals surface area contributed by atoms with Gasteiger partial charge in [-0.15, -0.1) is 0 Å². The zero-order valence-corrected chi connectivity index (χ0v) is 15.0. The van der Waals surface area contributed by atoms with Crippen molar-refractivity contribution in [2.24, 2.45) is 17.8 Å². The lowest BCUT2D eigenvalue weighted by Gasteiger charge is -2.32. The standard InChI is InChI=1S/C21H35NO/c1-2-6-18-8-10-20(11-9-18)17-23-21-14-12-19(13-15-21)7-4-3-5-16-22/h3,5,18-21H,2,4,6-15,17H2,1H3/t18-,19?,20-,21?. The van der Waals surface area contributed by atoms with E-state index in [1.54, 1.807) is 6.08 Å². The lowest BCUT2D eigenvalue weighted by molar-refractivity contribution is -0.0101. The number of nitriles is 1. The molecule has 0 aromatic rings. The molecule has 2 rings (SSSR count). The van der Waals surface area contributed by atoms with E-state index in [4.69, 9.17) is 10.00 Å². The minimum absolute atomic E-state index is 0.522. The first kappa shape index (κ1) is 18.5. The van der Waals surface area contributed by atoms with Gasteiger partial charge in [-0.2, -0.15) is 5.26 Å². The summed E-state index contributed by atoms with van der Waals surface area (Å²) in [6.45, 7) is 3.32. The van der Waals surface area contributed by atoms with Crippen LogP contribution in [0.4, 0.5) is 0 Å². The van der Waals surface area contributed by atoms with Crippen LogP contribution in [0.1, 0.15) is 84.0 Å². The molecule has 0 spiro atoms. The quantitative estimate of drug-likeness (QED) is 0.512. The van der Waals surface area contributed by atoms with Crippen LogP contribution in [-0.4, -0.2) is 12.7 Å². The molecular formula is C21H35NO. The first-order valence-corrected chi connectivity index (χ1v) is 9.98. The number of allylic oxidation sites excluding steroid dienone is 2. The highest BCUT2D eigenvalue weighted by molar-refractivity contribution is 5.01. The smallest absolute Gasteiger partial charge is 0.0908 e. The van der Waals surface area contributed by atoms with Gasteiger partial charge in [0.05, 0.1) is 12.2 Å². The van der Waals surface area contributed by atoms with Crippen LogP contribution >= 0.6 is 0 Å². The van der Waals surface area contributed by atoms with Crippen LogP contribution in [0.3, 0.4) is 0 Å². The molecule has 0 aliphatic heterocycles. The van der Waals surface area contributed by atoms with Crippen molar-refractivity contribution >= 4 is 0 Å². The molecule has 0 amide bonds. The van der Waals surface area contributed by atoms with Gasteiger partial charge in [-0.1, -0.05) is 38.7 Å². The molecule has 2 nitrogen and oxygen atoms in total. The van der Waals surface area contributed by atoms with Crippen LogP contribution in [0.5, 0.6) is 0 Å². The summed E-state index contributed by atoms with van der Waals surface area (Å²) in [5.74, 6) is 2.68. The average molecular weight is 318 g/mol. The van der Waals surface area contributed by atoms with Gasteiger partial charge in [-0.25, -0.2) is 0 Å². The molecule has 0 unspecified atom stereocenters. The summed E-state index contributed by atoms with van der Waals surface area (Å²) in [6, 6.07) is 2.07. The lowest BCUT2D eigenvalue weighted by Crippen LogP contribution is -2.26. The summed E-state index contributed by atoms with van der Waals surface area (Å²) in [5, 5.41) is 8.49. The molecule has 0 bridgehead atoms. The van der Waals surface area contributed by atoms with Crippen LogP contribution in [0, 0.1) is 29.1 Å². The van der Waals surface area contributed by atoms with Crippen molar-refractivity contribution in [3.63, 3.8) is 0 Å². The Bertz CT molecular complexity index is 368. The molecule has 0 N–H and O–H groups in total. The van der Waals surface area contributed by atoms with Crippen molar-refractivity contribution in [1.29, 1.82) is 5.26 Å². The number of hydrogen-bond acceptors (Lipinski definition) is 2. The Morgan fingerprint density at radius 3 is 2.17 bits per heavy atom. The van der Waals surface area contributed by atoms with Gasteiger partial charge in [0.25, 0.3) is 0 Å². The molecule has 2 aliphatic carbocycles. The molecule has 0 aromatic heterocycles.